The maximum Gasteiger partial charge on any atom is 0.416 e. The monoisotopic (exact) mass is 319 g/mol. The summed E-state index contributed by atoms with van der Waals surface area (Å²) in [4.78, 5) is 17.0. The normalized spacial score (nSPS) is 15.1. The van der Waals surface area contributed by atoms with Gasteiger partial charge in [0.25, 0.3) is 0 Å². The average molecular weight is 320 g/mol. The van der Waals surface area contributed by atoms with Crippen LogP contribution in [0.2, 0.25) is 5.02 Å². The highest BCUT2D eigenvalue weighted by Crippen LogP contribution is 2.34. The average Bonchev–Trinajstić information content (AvgIpc) is 2.77. The summed E-state index contributed by atoms with van der Waals surface area (Å²) in [5.41, 5.74) is -0.688. The summed E-state index contributed by atoms with van der Waals surface area (Å²) in [5.74, 6) is 0.299. The Morgan fingerprint density at radius 3 is 2.81 bits per heavy atom. The van der Waals surface area contributed by atoms with Crippen molar-refractivity contribution >= 4 is 29.0 Å². The van der Waals surface area contributed by atoms with E-state index in [1.165, 1.54) is 13.0 Å². The van der Waals surface area contributed by atoms with Gasteiger partial charge in [-0.1, -0.05) is 11.6 Å². The SMILES string of the molecule is CC(=O)CN1CCN=C1Nc1cc(C(F)(F)F)ccc1Cl. The number of halogens is 4. The Balaban J connectivity index is 2.21. The Morgan fingerprint density at radius 2 is 2.19 bits per heavy atom. The largest absolute Gasteiger partial charge is 0.416 e. The number of guanidine groups is 1. The standard InChI is InChI=1S/C13H13ClF3N3O/c1-8(21)7-20-5-4-18-12(20)19-11-6-9(13(15,16)17)2-3-10(11)14/h2-3,6H,4-5,7H2,1H3,(H,18,19). The number of hydrogen-bond donors (Lipinski definition) is 1. The molecular weight excluding hydrogens is 307 g/mol. The van der Waals surface area contributed by atoms with Crippen LogP contribution in [0.4, 0.5) is 18.9 Å². The molecule has 0 saturated carbocycles. The molecule has 1 aromatic carbocycles. The molecule has 0 aliphatic carbocycles. The quantitative estimate of drug-likeness (QED) is 0.931. The zero-order chi connectivity index (χ0) is 15.6. The van der Waals surface area contributed by atoms with Gasteiger partial charge in [-0.3, -0.25) is 9.79 Å². The number of carbonyl (C=O) groups is 1. The van der Waals surface area contributed by atoms with Crippen LogP contribution in [-0.2, 0) is 11.0 Å². The van der Waals surface area contributed by atoms with Gasteiger partial charge in [0.1, 0.15) is 5.78 Å². The minimum absolute atomic E-state index is 0.0541. The number of anilines is 1. The number of rotatable bonds is 3. The Labute approximate surface area is 124 Å². The van der Waals surface area contributed by atoms with E-state index in [1.807, 2.05) is 0 Å². The molecule has 1 aliphatic heterocycles. The second-order valence-electron chi connectivity index (χ2n) is 4.65. The van der Waals surface area contributed by atoms with Crippen LogP contribution in [-0.4, -0.2) is 36.3 Å². The van der Waals surface area contributed by atoms with Gasteiger partial charge in [-0.05, 0) is 25.1 Å². The van der Waals surface area contributed by atoms with Gasteiger partial charge in [-0.15, -0.1) is 0 Å². The van der Waals surface area contributed by atoms with Gasteiger partial charge >= 0.3 is 6.18 Å². The van der Waals surface area contributed by atoms with E-state index in [2.05, 4.69) is 10.3 Å². The fourth-order valence-electron chi connectivity index (χ4n) is 1.94. The number of alkyl halides is 3. The molecule has 0 spiro atoms. The first-order chi connectivity index (χ1) is 9.77. The molecule has 0 amide bonds. The molecule has 1 aliphatic rings. The molecule has 0 bridgehead atoms. The van der Waals surface area contributed by atoms with Crippen molar-refractivity contribution in [2.75, 3.05) is 25.0 Å². The number of benzene rings is 1. The van der Waals surface area contributed by atoms with Crippen molar-refractivity contribution in [2.24, 2.45) is 4.99 Å². The van der Waals surface area contributed by atoms with Crippen LogP contribution in [0.5, 0.6) is 0 Å². The molecule has 21 heavy (non-hydrogen) atoms. The van der Waals surface area contributed by atoms with Gasteiger partial charge in [0.05, 0.1) is 29.4 Å². The van der Waals surface area contributed by atoms with E-state index in [9.17, 15) is 18.0 Å². The summed E-state index contributed by atoms with van der Waals surface area (Å²) in [6.07, 6.45) is -4.45. The molecule has 114 valence electrons. The predicted octanol–water partition coefficient (Wildman–Crippen LogP) is 3.03. The number of nitrogens with zero attached hydrogens (tertiary/aromatic N) is 2. The lowest BCUT2D eigenvalue weighted by Crippen LogP contribution is -2.36. The summed E-state index contributed by atoms with van der Waals surface area (Å²) >= 11 is 5.91. The van der Waals surface area contributed by atoms with E-state index in [4.69, 9.17) is 11.6 Å². The van der Waals surface area contributed by atoms with Crippen molar-refractivity contribution in [3.8, 4) is 0 Å². The van der Waals surface area contributed by atoms with Crippen molar-refractivity contribution in [2.45, 2.75) is 13.1 Å². The fourth-order valence-corrected chi connectivity index (χ4v) is 2.11. The van der Waals surface area contributed by atoms with Gasteiger partial charge in [0.15, 0.2) is 5.96 Å². The molecule has 0 radical (unpaired) electrons. The summed E-state index contributed by atoms with van der Waals surface area (Å²) in [6.45, 7) is 2.61. The Hall–Kier alpha value is -1.76. The third kappa shape index (κ3) is 3.87. The zero-order valence-electron chi connectivity index (χ0n) is 11.2. The number of Topliss-reactive ketones (excluding diaryl/α,β-unsaturated/α-hetero) is 1. The first-order valence-corrected chi connectivity index (χ1v) is 6.58. The number of nitrogens with one attached hydrogen (secondary N) is 1. The van der Waals surface area contributed by atoms with E-state index in [0.717, 1.165) is 12.1 Å². The van der Waals surface area contributed by atoms with Crippen molar-refractivity contribution in [1.29, 1.82) is 0 Å². The molecule has 2 rings (SSSR count). The molecule has 4 nitrogen and oxygen atoms in total. The summed E-state index contributed by atoms with van der Waals surface area (Å²) in [7, 11) is 0. The number of aliphatic imine (C=N–C) groups is 1. The third-order valence-corrected chi connectivity index (χ3v) is 3.21. The summed E-state index contributed by atoms with van der Waals surface area (Å²) in [6, 6.07) is 3.02. The second kappa shape index (κ2) is 5.93. The third-order valence-electron chi connectivity index (χ3n) is 2.88. The van der Waals surface area contributed by atoms with Gasteiger partial charge < -0.3 is 10.2 Å². The molecular formula is C13H13ClF3N3O. The number of hydrogen-bond acceptors (Lipinski definition) is 4. The van der Waals surface area contributed by atoms with Crippen molar-refractivity contribution in [3.05, 3.63) is 28.8 Å². The fraction of sp³-hybridized carbons (Fsp3) is 0.385. The minimum atomic E-state index is -4.45. The van der Waals surface area contributed by atoms with Crippen molar-refractivity contribution in [1.82, 2.24) is 4.90 Å². The highest BCUT2D eigenvalue weighted by molar-refractivity contribution is 6.33. The smallest absolute Gasteiger partial charge is 0.334 e. The lowest BCUT2D eigenvalue weighted by molar-refractivity contribution is -0.137. The molecule has 0 fully saturated rings. The first kappa shape index (κ1) is 15.6. The van der Waals surface area contributed by atoms with Gasteiger partial charge in [0, 0.05) is 6.54 Å². The topological polar surface area (TPSA) is 44.7 Å². The first-order valence-electron chi connectivity index (χ1n) is 6.20. The molecule has 1 heterocycles. The number of carbonyl (C=O) groups excluding carboxylic acids is 1. The van der Waals surface area contributed by atoms with Gasteiger partial charge in [-0.2, -0.15) is 13.2 Å². The zero-order valence-corrected chi connectivity index (χ0v) is 11.9. The highest BCUT2D eigenvalue weighted by Gasteiger charge is 2.31. The minimum Gasteiger partial charge on any atom is -0.334 e. The van der Waals surface area contributed by atoms with E-state index >= 15 is 0 Å². The van der Waals surface area contributed by atoms with Crippen molar-refractivity contribution < 1.29 is 18.0 Å². The summed E-state index contributed by atoms with van der Waals surface area (Å²) < 4.78 is 38.1. The van der Waals surface area contributed by atoms with E-state index < -0.39 is 11.7 Å². The van der Waals surface area contributed by atoms with Crippen LogP contribution in [0.1, 0.15) is 12.5 Å². The molecule has 0 unspecified atom stereocenters. The molecule has 0 atom stereocenters. The molecule has 1 aromatic rings. The predicted molar refractivity (Wildman–Crippen MR) is 74.6 cm³/mol. The molecule has 0 aromatic heterocycles. The van der Waals surface area contributed by atoms with Crippen LogP contribution < -0.4 is 5.32 Å². The Bertz CT molecular complexity index is 587. The summed E-state index contributed by atoms with van der Waals surface area (Å²) in [5, 5.41) is 2.92. The van der Waals surface area contributed by atoms with E-state index in [-0.39, 0.29) is 23.0 Å². The maximum atomic E-state index is 12.7. The van der Waals surface area contributed by atoms with Crippen LogP contribution in [0.25, 0.3) is 0 Å². The van der Waals surface area contributed by atoms with Crippen LogP contribution >= 0.6 is 11.6 Å². The van der Waals surface area contributed by atoms with Gasteiger partial charge in [0.2, 0.25) is 0 Å². The van der Waals surface area contributed by atoms with Crippen molar-refractivity contribution in [3.63, 3.8) is 0 Å². The number of ketones is 1. The molecule has 8 heteroatoms. The van der Waals surface area contributed by atoms with Crippen LogP contribution in [0, 0.1) is 0 Å². The van der Waals surface area contributed by atoms with Gasteiger partial charge in [-0.25, -0.2) is 0 Å². The Morgan fingerprint density at radius 1 is 1.48 bits per heavy atom. The van der Waals surface area contributed by atoms with Crippen LogP contribution in [0.15, 0.2) is 23.2 Å². The highest BCUT2D eigenvalue weighted by atomic mass is 35.5. The second-order valence-corrected chi connectivity index (χ2v) is 5.05. The van der Waals surface area contributed by atoms with E-state index in [0.29, 0.717) is 19.0 Å². The van der Waals surface area contributed by atoms with E-state index in [1.54, 1.807) is 4.90 Å². The van der Waals surface area contributed by atoms with Crippen LogP contribution in [0.3, 0.4) is 0 Å². The Kier molecular flexibility index (Phi) is 4.41. The molecule has 0 saturated heterocycles. The molecule has 1 N–H and O–H groups in total. The lowest BCUT2D eigenvalue weighted by atomic mass is 10.2. The lowest BCUT2D eigenvalue weighted by Gasteiger charge is -2.20. The maximum absolute atomic E-state index is 12.7.